The average molecular weight is 514 g/mol. The predicted molar refractivity (Wildman–Crippen MR) is 134 cm³/mol. The molecular formula is C26H25ClFN3O3S. The Hall–Kier alpha value is -3.23. The fourth-order valence-electron chi connectivity index (χ4n) is 4.22. The maximum absolute atomic E-state index is 13.7. The minimum atomic E-state index is -3.59. The quantitative estimate of drug-likeness (QED) is 0.336. The lowest BCUT2D eigenvalue weighted by Gasteiger charge is -2.27. The van der Waals surface area contributed by atoms with Crippen LogP contribution >= 0.6 is 11.6 Å². The van der Waals surface area contributed by atoms with Crippen molar-refractivity contribution >= 4 is 33.3 Å². The molecule has 2 N–H and O–H groups in total. The van der Waals surface area contributed by atoms with E-state index in [-0.39, 0.29) is 27.5 Å². The average Bonchev–Trinajstić information content (AvgIpc) is 3.12. The van der Waals surface area contributed by atoms with Gasteiger partial charge in [-0.2, -0.15) is 0 Å². The van der Waals surface area contributed by atoms with Crippen molar-refractivity contribution in [2.45, 2.75) is 29.7 Å². The van der Waals surface area contributed by atoms with Gasteiger partial charge in [-0.3, -0.25) is 9.69 Å². The third-order valence-corrected chi connectivity index (χ3v) is 8.13. The van der Waals surface area contributed by atoms with Crippen molar-refractivity contribution in [1.29, 1.82) is 0 Å². The van der Waals surface area contributed by atoms with Gasteiger partial charge in [-0.05, 0) is 42.2 Å². The molecule has 0 radical (unpaired) electrons. The van der Waals surface area contributed by atoms with Crippen molar-refractivity contribution in [1.82, 2.24) is 4.90 Å². The molecule has 0 bridgehead atoms. The lowest BCUT2D eigenvalue weighted by Crippen LogP contribution is -2.44. The molecule has 0 fully saturated rings. The van der Waals surface area contributed by atoms with Gasteiger partial charge in [0.2, 0.25) is 0 Å². The van der Waals surface area contributed by atoms with Crippen molar-refractivity contribution in [3.63, 3.8) is 0 Å². The summed E-state index contributed by atoms with van der Waals surface area (Å²) in [6, 6.07) is 22.0. The number of guanidine groups is 1. The fourth-order valence-corrected chi connectivity index (χ4v) is 5.86. The molecule has 3 aromatic carbocycles. The maximum Gasteiger partial charge on any atom is 0.266 e. The number of carbonyl (C=O) groups excluding carboxylic acids is 1. The van der Waals surface area contributed by atoms with Gasteiger partial charge < -0.3 is 5.73 Å². The summed E-state index contributed by atoms with van der Waals surface area (Å²) in [4.78, 5) is 19.8. The van der Waals surface area contributed by atoms with Crippen LogP contribution in [0, 0.1) is 5.82 Å². The molecule has 0 atom stereocenters. The normalized spacial score (nSPS) is 15.3. The van der Waals surface area contributed by atoms with E-state index in [1.165, 1.54) is 11.0 Å². The van der Waals surface area contributed by atoms with Crippen LogP contribution in [0.15, 0.2) is 88.8 Å². The van der Waals surface area contributed by atoms with Gasteiger partial charge in [0.05, 0.1) is 15.7 Å². The number of amides is 1. The first-order valence-corrected chi connectivity index (χ1v) is 13.2. The number of hydrogen-bond donors (Lipinski definition) is 1. The molecular weight excluding hydrogens is 489 g/mol. The number of rotatable bonds is 9. The van der Waals surface area contributed by atoms with Crippen LogP contribution in [-0.2, 0) is 20.2 Å². The molecule has 1 heterocycles. The minimum Gasteiger partial charge on any atom is -0.369 e. The van der Waals surface area contributed by atoms with E-state index in [1.54, 1.807) is 0 Å². The van der Waals surface area contributed by atoms with Crippen molar-refractivity contribution < 1.29 is 17.6 Å². The maximum atomic E-state index is 13.7. The van der Waals surface area contributed by atoms with Crippen LogP contribution in [0.4, 0.5) is 4.39 Å². The predicted octanol–water partition coefficient (Wildman–Crippen LogP) is 4.52. The second kappa shape index (κ2) is 10.2. The molecule has 1 amide bonds. The Morgan fingerprint density at radius 2 is 1.51 bits per heavy atom. The molecule has 35 heavy (non-hydrogen) atoms. The number of aliphatic imine (C=N–C) groups is 1. The van der Waals surface area contributed by atoms with Gasteiger partial charge in [0.25, 0.3) is 5.91 Å². The molecule has 1 aliphatic rings. The zero-order chi connectivity index (χ0) is 25.1. The van der Waals surface area contributed by atoms with E-state index in [0.717, 1.165) is 23.3 Å². The van der Waals surface area contributed by atoms with Crippen LogP contribution < -0.4 is 5.73 Å². The summed E-state index contributed by atoms with van der Waals surface area (Å²) in [5.74, 6) is -0.871. The lowest BCUT2D eigenvalue weighted by molar-refractivity contribution is -0.130. The highest BCUT2D eigenvalue weighted by Crippen LogP contribution is 2.39. The Balaban J connectivity index is 1.42. The van der Waals surface area contributed by atoms with E-state index in [2.05, 4.69) is 4.99 Å². The van der Waals surface area contributed by atoms with Crippen molar-refractivity contribution in [3.05, 3.63) is 101 Å². The number of benzene rings is 3. The van der Waals surface area contributed by atoms with E-state index in [1.807, 2.05) is 60.7 Å². The summed E-state index contributed by atoms with van der Waals surface area (Å²) < 4.78 is 38.4. The Bertz CT molecular complexity index is 1310. The number of hydrogen-bond acceptors (Lipinski definition) is 5. The summed E-state index contributed by atoms with van der Waals surface area (Å²) in [6.45, 7) is 0.317. The van der Waals surface area contributed by atoms with E-state index in [9.17, 15) is 17.6 Å². The van der Waals surface area contributed by atoms with Gasteiger partial charge in [-0.1, -0.05) is 78.7 Å². The number of nitrogens with zero attached hydrogens (tertiary/aromatic N) is 2. The highest BCUT2D eigenvalue weighted by molar-refractivity contribution is 7.91. The molecule has 4 rings (SSSR count). The van der Waals surface area contributed by atoms with Crippen LogP contribution in [0.3, 0.4) is 0 Å². The monoisotopic (exact) mass is 513 g/mol. The Morgan fingerprint density at radius 1 is 0.914 bits per heavy atom. The molecule has 0 aromatic heterocycles. The van der Waals surface area contributed by atoms with Crippen LogP contribution in [0.5, 0.6) is 0 Å². The number of halogens is 2. The molecule has 182 valence electrons. The van der Waals surface area contributed by atoms with Crippen LogP contribution in [-0.4, -0.2) is 37.5 Å². The van der Waals surface area contributed by atoms with E-state index < -0.39 is 21.2 Å². The Morgan fingerprint density at radius 3 is 2.09 bits per heavy atom. The van der Waals surface area contributed by atoms with Crippen molar-refractivity contribution in [3.8, 4) is 0 Å². The third-order valence-electron chi connectivity index (χ3n) is 6.04. The topological polar surface area (TPSA) is 92.8 Å². The molecule has 0 saturated carbocycles. The van der Waals surface area contributed by atoms with Gasteiger partial charge in [0.15, 0.2) is 21.3 Å². The highest BCUT2D eigenvalue weighted by Gasteiger charge is 2.50. The van der Waals surface area contributed by atoms with Gasteiger partial charge in [0.1, 0.15) is 5.82 Å². The van der Waals surface area contributed by atoms with Crippen LogP contribution in [0.2, 0.25) is 5.02 Å². The summed E-state index contributed by atoms with van der Waals surface area (Å²) in [7, 11) is -3.59. The van der Waals surface area contributed by atoms with Crippen LogP contribution in [0.1, 0.15) is 30.4 Å². The van der Waals surface area contributed by atoms with Gasteiger partial charge in [-0.25, -0.2) is 17.8 Å². The summed E-state index contributed by atoms with van der Waals surface area (Å²) in [6.07, 6.45) is 1.47. The minimum absolute atomic E-state index is 0.00879. The number of carbonyl (C=O) groups is 1. The molecule has 0 spiro atoms. The first-order chi connectivity index (χ1) is 16.8. The fraction of sp³-hybridized carbons (Fsp3) is 0.231. The van der Waals surface area contributed by atoms with Crippen molar-refractivity contribution in [2.24, 2.45) is 10.7 Å². The van der Waals surface area contributed by atoms with E-state index in [0.29, 0.717) is 25.8 Å². The van der Waals surface area contributed by atoms with Gasteiger partial charge in [-0.15, -0.1) is 0 Å². The number of nitrogens with two attached hydrogens (primary N) is 1. The lowest BCUT2D eigenvalue weighted by atomic mass is 9.83. The Labute approximate surface area is 209 Å². The summed E-state index contributed by atoms with van der Waals surface area (Å²) in [5.41, 5.74) is 6.42. The standard InChI is InChI=1S/C26H25ClFN3O3S/c27-22-18-21(14-15-23(22)28)35(33,34)17-9-3-8-16-31-24(32)26(30-25(31)29,19-10-4-1-5-11-19)20-12-6-2-7-13-20/h1-2,4-7,10-15,18H,3,8-9,16-17H2,(H2,29,30). The smallest absolute Gasteiger partial charge is 0.266 e. The molecule has 0 saturated heterocycles. The first-order valence-electron chi connectivity index (χ1n) is 11.2. The zero-order valence-corrected chi connectivity index (χ0v) is 20.5. The molecule has 0 unspecified atom stereocenters. The van der Waals surface area contributed by atoms with Crippen LogP contribution in [0.25, 0.3) is 0 Å². The molecule has 0 aliphatic carbocycles. The second-order valence-corrected chi connectivity index (χ2v) is 10.8. The summed E-state index contributed by atoms with van der Waals surface area (Å²) in [5, 5.41) is -0.228. The largest absolute Gasteiger partial charge is 0.369 e. The number of unbranched alkanes of at least 4 members (excludes halogenated alkanes) is 2. The molecule has 1 aliphatic heterocycles. The number of sulfone groups is 1. The van der Waals surface area contributed by atoms with E-state index >= 15 is 0 Å². The third kappa shape index (κ3) is 4.94. The molecule has 6 nitrogen and oxygen atoms in total. The summed E-state index contributed by atoms with van der Waals surface area (Å²) >= 11 is 5.72. The molecule has 9 heteroatoms. The van der Waals surface area contributed by atoms with Crippen molar-refractivity contribution in [2.75, 3.05) is 12.3 Å². The van der Waals surface area contributed by atoms with Gasteiger partial charge >= 0.3 is 0 Å². The first kappa shape index (κ1) is 24.9. The van der Waals surface area contributed by atoms with Gasteiger partial charge in [0, 0.05) is 6.54 Å². The zero-order valence-electron chi connectivity index (χ0n) is 18.9. The second-order valence-electron chi connectivity index (χ2n) is 8.32. The highest BCUT2D eigenvalue weighted by atomic mass is 35.5. The Kier molecular flexibility index (Phi) is 7.23. The van der Waals surface area contributed by atoms with E-state index in [4.69, 9.17) is 17.3 Å². The molecule has 3 aromatic rings. The SMILES string of the molecule is NC1=NC(c2ccccc2)(c2ccccc2)C(=O)N1CCCCCS(=O)(=O)c1ccc(F)c(Cl)c1.